The van der Waals surface area contributed by atoms with E-state index in [-0.39, 0.29) is 17.9 Å². The Balaban J connectivity index is 0.00000135. The summed E-state index contributed by atoms with van der Waals surface area (Å²) < 4.78 is 55.1. The van der Waals surface area contributed by atoms with E-state index in [1.165, 1.54) is 35.6 Å². The van der Waals surface area contributed by atoms with Gasteiger partial charge in [-0.1, -0.05) is 54.7 Å². The van der Waals surface area contributed by atoms with Crippen LogP contribution in [0, 0.1) is 12.7 Å². The maximum absolute atomic E-state index is 13.9. The largest absolute Gasteiger partial charge is 0.416 e. The van der Waals surface area contributed by atoms with Crippen molar-refractivity contribution in [3.63, 3.8) is 0 Å². The molecule has 0 atom stereocenters. The predicted octanol–water partition coefficient (Wildman–Crippen LogP) is 7.59. The summed E-state index contributed by atoms with van der Waals surface area (Å²) in [6.07, 6.45) is -2.07. The van der Waals surface area contributed by atoms with Gasteiger partial charge in [0.15, 0.2) is 0 Å². The molecule has 0 fully saturated rings. The van der Waals surface area contributed by atoms with E-state index >= 15 is 0 Å². The van der Waals surface area contributed by atoms with Gasteiger partial charge in [0, 0.05) is 36.5 Å². The molecule has 0 saturated heterocycles. The fraction of sp³-hybridized carbons (Fsp3) is 0.161. The highest BCUT2D eigenvalue weighted by atomic mass is 32.1. The molecule has 3 aromatic carbocycles. The molecule has 0 spiro atoms. The molecule has 1 amide bonds. The molecule has 7 nitrogen and oxygen atoms in total. The Morgan fingerprint density at radius 2 is 1.60 bits per heavy atom. The van der Waals surface area contributed by atoms with Gasteiger partial charge in [-0.2, -0.15) is 27.9 Å². The molecular formula is C31H24F4N4O3S. The number of hydrogen-bond acceptors (Lipinski definition) is 6. The molecule has 0 aliphatic rings. The van der Waals surface area contributed by atoms with Gasteiger partial charge >= 0.3 is 12.3 Å². The fourth-order valence-electron chi connectivity index (χ4n) is 4.33. The zero-order valence-electron chi connectivity index (χ0n) is 23.1. The monoisotopic (exact) mass is 608 g/mol. The Kier molecular flexibility index (Phi) is 9.33. The fourth-order valence-corrected chi connectivity index (χ4v) is 5.35. The first-order valence-corrected chi connectivity index (χ1v) is 13.7. The number of carbonyl (C=O) groups is 1. The van der Waals surface area contributed by atoms with E-state index in [1.54, 1.807) is 41.9 Å². The average molecular weight is 609 g/mol. The number of anilines is 1. The number of aryl methyl sites for hydroxylation is 1. The molecule has 0 unspecified atom stereocenters. The molecule has 12 heteroatoms. The van der Waals surface area contributed by atoms with Crippen molar-refractivity contribution in [3.05, 3.63) is 96.1 Å². The lowest BCUT2D eigenvalue weighted by Gasteiger charge is -2.16. The third-order valence-electron chi connectivity index (χ3n) is 6.53. The molecule has 5 rings (SSSR count). The lowest BCUT2D eigenvalue weighted by molar-refractivity contribution is -0.191. The van der Waals surface area contributed by atoms with Crippen LogP contribution >= 0.6 is 11.3 Å². The quantitative estimate of drug-likeness (QED) is 0.186. The summed E-state index contributed by atoms with van der Waals surface area (Å²) in [6, 6.07) is 18.4. The minimum absolute atomic E-state index is 0.0265. The van der Waals surface area contributed by atoms with Crippen molar-refractivity contribution in [3.8, 4) is 38.0 Å². The molecule has 0 aliphatic carbocycles. The number of alkyl halides is 3. The maximum Gasteiger partial charge on any atom is 0.416 e. The lowest BCUT2D eigenvalue weighted by atomic mass is 10.0. The first kappa shape index (κ1) is 31.0. The summed E-state index contributed by atoms with van der Waals surface area (Å²) >= 11 is 1.33. The van der Waals surface area contributed by atoms with Gasteiger partial charge in [0.2, 0.25) is 11.0 Å². The number of amides is 1. The smallest absolute Gasteiger partial charge is 0.316 e. The molecule has 0 aliphatic heterocycles. The molecule has 0 N–H and O–H groups in total. The summed E-state index contributed by atoms with van der Waals surface area (Å²) in [6.45, 7) is 3.61. The van der Waals surface area contributed by atoms with E-state index < -0.39 is 11.7 Å². The average Bonchev–Trinajstić information content (AvgIpc) is 3.61. The highest BCUT2D eigenvalue weighted by Crippen LogP contribution is 2.40. The predicted molar refractivity (Wildman–Crippen MR) is 154 cm³/mol. The molecule has 2 aromatic heterocycles. The Labute approximate surface area is 248 Å². The third kappa shape index (κ3) is 6.94. The van der Waals surface area contributed by atoms with Crippen LogP contribution in [0.3, 0.4) is 0 Å². The second kappa shape index (κ2) is 12.9. The molecule has 43 heavy (non-hydrogen) atoms. The Bertz CT molecular complexity index is 1770. The van der Waals surface area contributed by atoms with Crippen molar-refractivity contribution >= 4 is 29.1 Å². The van der Waals surface area contributed by atoms with E-state index in [9.17, 15) is 22.4 Å². The van der Waals surface area contributed by atoms with E-state index in [0.717, 1.165) is 33.8 Å². The van der Waals surface area contributed by atoms with E-state index in [2.05, 4.69) is 5.10 Å². The molecular weight excluding hydrogens is 584 g/mol. The van der Waals surface area contributed by atoms with Crippen molar-refractivity contribution in [2.24, 2.45) is 0 Å². The molecule has 5 aromatic rings. The molecule has 0 bridgehead atoms. The maximum atomic E-state index is 13.9. The summed E-state index contributed by atoms with van der Waals surface area (Å²) in [5.41, 5.74) is 3.86. The van der Waals surface area contributed by atoms with Crippen LogP contribution in [0.25, 0.3) is 38.0 Å². The standard InChI is InChI=1S/C30H24F4N4OS.CO2/c1-4-26(39)37(3)24-14-10-20(11-15-24)28-27(19-8-12-22(13-9-19)30(32,33)34)35-29(40-28)38-17-25(18(2)36-38)21-6-5-7-23(31)16-21;2-1-3/h5-17H,4H2,1-3H3;. The summed E-state index contributed by atoms with van der Waals surface area (Å²) in [5, 5.41) is 5.09. The second-order valence-corrected chi connectivity index (χ2v) is 10.2. The minimum atomic E-state index is -4.45. The highest BCUT2D eigenvalue weighted by molar-refractivity contribution is 7.18. The Hall–Kier alpha value is -4.93. The van der Waals surface area contributed by atoms with Crippen LogP contribution in [0.4, 0.5) is 23.2 Å². The first-order chi connectivity index (χ1) is 20.5. The Morgan fingerprint density at radius 1 is 0.977 bits per heavy atom. The van der Waals surface area contributed by atoms with Gasteiger partial charge in [-0.25, -0.2) is 14.1 Å². The van der Waals surface area contributed by atoms with Gasteiger partial charge in [0.1, 0.15) is 5.82 Å². The number of thiazole rings is 1. The highest BCUT2D eigenvalue weighted by Gasteiger charge is 2.30. The number of benzene rings is 3. The number of halogens is 4. The van der Waals surface area contributed by atoms with Crippen LogP contribution in [0.2, 0.25) is 0 Å². The minimum Gasteiger partial charge on any atom is -0.316 e. The van der Waals surface area contributed by atoms with Crippen molar-refractivity contribution < 1.29 is 31.9 Å². The summed E-state index contributed by atoms with van der Waals surface area (Å²) in [7, 11) is 1.70. The van der Waals surface area contributed by atoms with Crippen LogP contribution in [-0.2, 0) is 20.6 Å². The number of carbonyl (C=O) groups excluding carboxylic acids is 3. The van der Waals surface area contributed by atoms with E-state index in [1.807, 2.05) is 31.2 Å². The first-order valence-electron chi connectivity index (χ1n) is 12.8. The van der Waals surface area contributed by atoms with Crippen LogP contribution < -0.4 is 4.90 Å². The third-order valence-corrected chi connectivity index (χ3v) is 7.62. The number of hydrogen-bond donors (Lipinski definition) is 0. The van der Waals surface area contributed by atoms with E-state index in [4.69, 9.17) is 14.6 Å². The van der Waals surface area contributed by atoms with Crippen molar-refractivity contribution in [1.82, 2.24) is 14.8 Å². The number of aromatic nitrogens is 3. The Morgan fingerprint density at radius 3 is 2.19 bits per heavy atom. The molecule has 220 valence electrons. The van der Waals surface area contributed by atoms with Gasteiger partial charge in [0.05, 0.1) is 21.8 Å². The van der Waals surface area contributed by atoms with Crippen molar-refractivity contribution in [2.45, 2.75) is 26.4 Å². The van der Waals surface area contributed by atoms with Gasteiger partial charge in [-0.3, -0.25) is 4.79 Å². The van der Waals surface area contributed by atoms with Crippen LogP contribution in [0.1, 0.15) is 24.6 Å². The number of rotatable bonds is 6. The topological polar surface area (TPSA) is 85.2 Å². The zero-order chi connectivity index (χ0) is 31.3. The van der Waals surface area contributed by atoms with Crippen LogP contribution in [0.5, 0.6) is 0 Å². The summed E-state index contributed by atoms with van der Waals surface area (Å²) in [5.74, 6) is -0.387. The second-order valence-electron chi connectivity index (χ2n) is 9.27. The lowest BCUT2D eigenvalue weighted by Crippen LogP contribution is -2.24. The van der Waals surface area contributed by atoms with Gasteiger partial charge in [0.25, 0.3) is 0 Å². The SMILES string of the molecule is CCC(=O)N(C)c1ccc(-c2sc(-n3cc(-c4cccc(F)c4)c(C)n3)nc2-c2ccc(C(F)(F)F)cc2)cc1.O=C=O. The van der Waals surface area contributed by atoms with Gasteiger partial charge in [-0.15, -0.1) is 0 Å². The van der Waals surface area contributed by atoms with E-state index in [0.29, 0.717) is 34.1 Å². The molecule has 0 saturated carbocycles. The van der Waals surface area contributed by atoms with Crippen molar-refractivity contribution in [1.29, 1.82) is 0 Å². The van der Waals surface area contributed by atoms with Gasteiger partial charge < -0.3 is 4.90 Å². The molecule has 2 heterocycles. The molecule has 0 radical (unpaired) electrons. The van der Waals surface area contributed by atoms with Crippen molar-refractivity contribution in [2.75, 3.05) is 11.9 Å². The van der Waals surface area contributed by atoms with Crippen LogP contribution in [0.15, 0.2) is 79.0 Å². The number of nitrogens with zero attached hydrogens (tertiary/aromatic N) is 4. The zero-order valence-corrected chi connectivity index (χ0v) is 24.0. The van der Waals surface area contributed by atoms with Gasteiger partial charge in [-0.05, 0) is 54.4 Å². The summed E-state index contributed by atoms with van der Waals surface area (Å²) in [4.78, 5) is 35.5. The van der Waals surface area contributed by atoms with Crippen LogP contribution in [-0.4, -0.2) is 33.9 Å². The normalized spacial score (nSPS) is 11.0.